The molecule has 1 heterocycles. The van der Waals surface area contributed by atoms with E-state index in [1.54, 1.807) is 6.07 Å². The summed E-state index contributed by atoms with van der Waals surface area (Å²) >= 11 is 0. The molecule has 1 aromatic heterocycles. The molecule has 1 rings (SSSR count). The summed E-state index contributed by atoms with van der Waals surface area (Å²) < 4.78 is 4.63. The highest BCUT2D eigenvalue weighted by molar-refractivity contribution is 5.92. The second-order valence-electron chi connectivity index (χ2n) is 4.47. The van der Waals surface area contributed by atoms with Gasteiger partial charge in [0, 0.05) is 17.3 Å². The molecule has 4 nitrogen and oxygen atoms in total. The molecule has 16 heavy (non-hydrogen) atoms. The van der Waals surface area contributed by atoms with Gasteiger partial charge in [0.25, 0.3) is 0 Å². The average Bonchev–Trinajstić information content (AvgIpc) is 2.25. The van der Waals surface area contributed by atoms with Crippen LogP contribution in [0.25, 0.3) is 0 Å². The lowest BCUT2D eigenvalue weighted by atomic mass is 9.90. The number of pyridine rings is 1. The van der Waals surface area contributed by atoms with E-state index in [4.69, 9.17) is 5.26 Å². The van der Waals surface area contributed by atoms with Crippen LogP contribution < -0.4 is 0 Å². The first-order valence-electron chi connectivity index (χ1n) is 4.89. The first-order chi connectivity index (χ1) is 7.40. The van der Waals surface area contributed by atoms with E-state index in [1.807, 2.05) is 26.8 Å². The third-order valence-electron chi connectivity index (χ3n) is 2.20. The van der Waals surface area contributed by atoms with E-state index in [2.05, 4.69) is 9.72 Å². The molecular formula is C12H14N2O2. The highest BCUT2D eigenvalue weighted by Gasteiger charge is 2.20. The topological polar surface area (TPSA) is 63.0 Å². The molecule has 4 heteroatoms. The third-order valence-corrected chi connectivity index (χ3v) is 2.20. The lowest BCUT2D eigenvalue weighted by Gasteiger charge is -2.18. The number of nitrogens with zero attached hydrogens (tertiary/aromatic N) is 2. The molecule has 0 amide bonds. The van der Waals surface area contributed by atoms with Crippen molar-refractivity contribution in [2.24, 2.45) is 0 Å². The monoisotopic (exact) mass is 218 g/mol. The number of carbonyl (C=O) groups excluding carboxylic acids is 1. The second-order valence-corrected chi connectivity index (χ2v) is 4.47. The molecular weight excluding hydrogens is 204 g/mol. The van der Waals surface area contributed by atoms with Crippen LogP contribution in [0, 0.1) is 11.3 Å². The maximum Gasteiger partial charge on any atom is 0.339 e. The number of rotatable bonds is 1. The molecule has 0 N–H and O–H groups in total. The SMILES string of the molecule is COC(=O)c1cc(C(C)(C)C)ncc1C#N. The molecule has 0 atom stereocenters. The zero-order valence-corrected chi connectivity index (χ0v) is 9.87. The summed E-state index contributed by atoms with van der Waals surface area (Å²) in [4.78, 5) is 15.6. The highest BCUT2D eigenvalue weighted by Crippen LogP contribution is 2.22. The number of hydrogen-bond acceptors (Lipinski definition) is 4. The van der Waals surface area contributed by atoms with Crippen LogP contribution in [-0.2, 0) is 10.2 Å². The number of hydrogen-bond donors (Lipinski definition) is 0. The molecule has 0 unspecified atom stereocenters. The Bertz CT molecular complexity index is 453. The van der Waals surface area contributed by atoms with Crippen LogP contribution in [0.1, 0.15) is 42.4 Å². The Morgan fingerprint density at radius 3 is 2.56 bits per heavy atom. The smallest absolute Gasteiger partial charge is 0.339 e. The van der Waals surface area contributed by atoms with Crippen LogP contribution in [0.4, 0.5) is 0 Å². The minimum atomic E-state index is -0.510. The maximum absolute atomic E-state index is 11.5. The summed E-state index contributed by atoms with van der Waals surface area (Å²) in [5.41, 5.74) is 1.09. The summed E-state index contributed by atoms with van der Waals surface area (Å²) in [5, 5.41) is 8.86. The minimum Gasteiger partial charge on any atom is -0.465 e. The van der Waals surface area contributed by atoms with Crippen molar-refractivity contribution in [1.29, 1.82) is 5.26 Å². The van der Waals surface area contributed by atoms with Crippen molar-refractivity contribution in [2.75, 3.05) is 7.11 Å². The second kappa shape index (κ2) is 4.31. The van der Waals surface area contributed by atoms with Gasteiger partial charge in [-0.05, 0) is 6.07 Å². The molecule has 0 aromatic carbocycles. The van der Waals surface area contributed by atoms with Crippen molar-refractivity contribution in [3.05, 3.63) is 29.1 Å². The Morgan fingerprint density at radius 2 is 2.12 bits per heavy atom. The Morgan fingerprint density at radius 1 is 1.50 bits per heavy atom. The molecule has 0 aliphatic rings. The Labute approximate surface area is 94.9 Å². The first kappa shape index (κ1) is 12.2. The maximum atomic E-state index is 11.5. The quantitative estimate of drug-likeness (QED) is 0.676. The van der Waals surface area contributed by atoms with Crippen molar-refractivity contribution >= 4 is 5.97 Å². The predicted molar refractivity (Wildman–Crippen MR) is 59.0 cm³/mol. The van der Waals surface area contributed by atoms with Crippen molar-refractivity contribution in [2.45, 2.75) is 26.2 Å². The van der Waals surface area contributed by atoms with Crippen molar-refractivity contribution < 1.29 is 9.53 Å². The molecule has 0 aliphatic carbocycles. The van der Waals surface area contributed by atoms with Crippen LogP contribution >= 0.6 is 0 Å². The van der Waals surface area contributed by atoms with Crippen LogP contribution in [0.15, 0.2) is 12.3 Å². The normalized spacial score (nSPS) is 10.7. The Kier molecular flexibility index (Phi) is 3.28. The van der Waals surface area contributed by atoms with Gasteiger partial charge in [-0.2, -0.15) is 5.26 Å². The molecule has 0 spiro atoms. The van der Waals surface area contributed by atoms with E-state index < -0.39 is 5.97 Å². The lowest BCUT2D eigenvalue weighted by Crippen LogP contribution is -2.16. The van der Waals surface area contributed by atoms with E-state index in [0.717, 1.165) is 5.69 Å². The lowest BCUT2D eigenvalue weighted by molar-refractivity contribution is 0.0600. The number of nitriles is 1. The van der Waals surface area contributed by atoms with E-state index >= 15 is 0 Å². The summed E-state index contributed by atoms with van der Waals surface area (Å²) in [6.07, 6.45) is 1.41. The van der Waals surface area contributed by atoms with Crippen LogP contribution in [-0.4, -0.2) is 18.1 Å². The molecule has 0 aliphatic heterocycles. The van der Waals surface area contributed by atoms with Gasteiger partial charge < -0.3 is 4.74 Å². The first-order valence-corrected chi connectivity index (χ1v) is 4.89. The number of esters is 1. The number of ether oxygens (including phenoxy) is 1. The van der Waals surface area contributed by atoms with Crippen molar-refractivity contribution in [3.8, 4) is 6.07 Å². The fraction of sp³-hybridized carbons (Fsp3) is 0.417. The summed E-state index contributed by atoms with van der Waals surface area (Å²) in [6, 6.07) is 3.54. The Hall–Kier alpha value is -1.89. The molecule has 84 valence electrons. The third kappa shape index (κ3) is 2.37. The van der Waals surface area contributed by atoms with Crippen molar-refractivity contribution in [3.63, 3.8) is 0 Å². The van der Waals surface area contributed by atoms with Gasteiger partial charge in [0.15, 0.2) is 0 Å². The largest absolute Gasteiger partial charge is 0.465 e. The highest BCUT2D eigenvalue weighted by atomic mass is 16.5. The number of methoxy groups -OCH3 is 1. The molecule has 0 saturated heterocycles. The van der Waals surface area contributed by atoms with Gasteiger partial charge in [0.1, 0.15) is 6.07 Å². The number of aromatic nitrogens is 1. The fourth-order valence-corrected chi connectivity index (χ4v) is 1.23. The van der Waals surface area contributed by atoms with E-state index in [0.29, 0.717) is 0 Å². The van der Waals surface area contributed by atoms with E-state index in [9.17, 15) is 4.79 Å². The zero-order chi connectivity index (χ0) is 12.3. The molecule has 1 aromatic rings. The van der Waals surface area contributed by atoms with Crippen LogP contribution in [0.3, 0.4) is 0 Å². The standard InChI is InChI=1S/C12H14N2O2/c1-12(2,3)10-5-9(11(15)16-4)8(6-13)7-14-10/h5,7H,1-4H3. The average molecular weight is 218 g/mol. The molecule has 0 radical (unpaired) electrons. The van der Waals surface area contributed by atoms with Gasteiger partial charge >= 0.3 is 5.97 Å². The van der Waals surface area contributed by atoms with Crippen LogP contribution in [0.5, 0.6) is 0 Å². The zero-order valence-electron chi connectivity index (χ0n) is 9.87. The van der Waals surface area contributed by atoms with Gasteiger partial charge in [-0.25, -0.2) is 4.79 Å². The van der Waals surface area contributed by atoms with E-state index in [-0.39, 0.29) is 16.5 Å². The van der Waals surface area contributed by atoms with Crippen molar-refractivity contribution in [1.82, 2.24) is 4.98 Å². The summed E-state index contributed by atoms with van der Waals surface area (Å²) in [7, 11) is 1.29. The predicted octanol–water partition coefficient (Wildman–Crippen LogP) is 2.04. The summed E-state index contributed by atoms with van der Waals surface area (Å²) in [6.45, 7) is 5.97. The van der Waals surface area contributed by atoms with Crippen LogP contribution in [0.2, 0.25) is 0 Å². The van der Waals surface area contributed by atoms with Gasteiger partial charge in [0.2, 0.25) is 0 Å². The molecule has 0 fully saturated rings. The Balaban J connectivity index is 3.34. The number of carbonyl (C=O) groups is 1. The minimum absolute atomic E-state index is 0.170. The van der Waals surface area contributed by atoms with Gasteiger partial charge in [0.05, 0.1) is 18.2 Å². The summed E-state index contributed by atoms with van der Waals surface area (Å²) in [5.74, 6) is -0.510. The molecule has 0 bridgehead atoms. The van der Waals surface area contributed by atoms with Gasteiger partial charge in [-0.15, -0.1) is 0 Å². The van der Waals surface area contributed by atoms with Gasteiger partial charge in [-0.1, -0.05) is 20.8 Å². The van der Waals surface area contributed by atoms with E-state index in [1.165, 1.54) is 13.3 Å². The fourth-order valence-electron chi connectivity index (χ4n) is 1.23. The molecule has 0 saturated carbocycles. The van der Waals surface area contributed by atoms with Gasteiger partial charge in [-0.3, -0.25) is 4.98 Å².